The van der Waals surface area contributed by atoms with Crippen LogP contribution < -0.4 is 19.5 Å². The molecule has 2 atom stereocenters. The van der Waals surface area contributed by atoms with E-state index in [1.54, 1.807) is 20.3 Å². The van der Waals surface area contributed by atoms with E-state index in [0.717, 1.165) is 17.7 Å². The van der Waals surface area contributed by atoms with Crippen LogP contribution in [0.2, 0.25) is 0 Å². The third-order valence-corrected chi connectivity index (χ3v) is 4.24. The average molecular weight is 357 g/mol. The first-order valence-corrected chi connectivity index (χ1v) is 8.86. The van der Waals surface area contributed by atoms with Crippen LogP contribution in [0.1, 0.15) is 38.3 Å². The van der Waals surface area contributed by atoms with Crippen LogP contribution in [0.4, 0.5) is 0 Å². The number of rotatable bonds is 9. The molecule has 26 heavy (non-hydrogen) atoms. The summed E-state index contributed by atoms with van der Waals surface area (Å²) in [6, 6.07) is 15.0. The van der Waals surface area contributed by atoms with Gasteiger partial charge in [0.1, 0.15) is 5.75 Å². The predicted octanol–water partition coefficient (Wildman–Crippen LogP) is 4.13. The number of methoxy groups -OCH3 is 2. The molecule has 0 radical (unpaired) electrons. The van der Waals surface area contributed by atoms with Gasteiger partial charge in [-0.2, -0.15) is 0 Å². The summed E-state index contributed by atoms with van der Waals surface area (Å²) in [5.74, 6) is 1.83. The molecule has 0 saturated heterocycles. The van der Waals surface area contributed by atoms with E-state index in [1.807, 2.05) is 56.3 Å². The average Bonchev–Trinajstić information content (AvgIpc) is 2.70. The van der Waals surface area contributed by atoms with Gasteiger partial charge in [-0.05, 0) is 42.7 Å². The first kappa shape index (κ1) is 19.6. The van der Waals surface area contributed by atoms with E-state index in [0.29, 0.717) is 17.9 Å². The minimum absolute atomic E-state index is 0.0799. The maximum atomic E-state index is 12.7. The quantitative estimate of drug-likeness (QED) is 0.733. The van der Waals surface area contributed by atoms with Crippen molar-refractivity contribution in [2.45, 2.75) is 38.8 Å². The summed E-state index contributed by atoms with van der Waals surface area (Å²) >= 11 is 0. The van der Waals surface area contributed by atoms with E-state index in [1.165, 1.54) is 0 Å². The first-order chi connectivity index (χ1) is 12.6. The van der Waals surface area contributed by atoms with Crippen LogP contribution in [0, 0.1) is 0 Å². The van der Waals surface area contributed by atoms with E-state index in [-0.39, 0.29) is 11.9 Å². The molecule has 0 unspecified atom stereocenters. The van der Waals surface area contributed by atoms with Crippen molar-refractivity contribution in [1.82, 2.24) is 5.32 Å². The van der Waals surface area contributed by atoms with Gasteiger partial charge in [-0.1, -0.05) is 38.1 Å². The van der Waals surface area contributed by atoms with Crippen LogP contribution in [0.15, 0.2) is 48.5 Å². The molecule has 1 N–H and O–H groups in total. The Balaban J connectivity index is 2.08. The van der Waals surface area contributed by atoms with Gasteiger partial charge >= 0.3 is 0 Å². The summed E-state index contributed by atoms with van der Waals surface area (Å²) in [6.07, 6.45) is 0.755. The van der Waals surface area contributed by atoms with Crippen molar-refractivity contribution in [3.8, 4) is 17.2 Å². The number of carbonyl (C=O) groups excluding carboxylic acids is 1. The fraction of sp³-hybridized carbons (Fsp3) is 0.381. The van der Waals surface area contributed by atoms with Gasteiger partial charge in [0.15, 0.2) is 17.6 Å². The Hall–Kier alpha value is -2.69. The van der Waals surface area contributed by atoms with Crippen LogP contribution in [0.5, 0.6) is 17.2 Å². The van der Waals surface area contributed by atoms with Crippen molar-refractivity contribution < 1.29 is 19.0 Å². The fourth-order valence-corrected chi connectivity index (χ4v) is 2.71. The highest BCUT2D eigenvalue weighted by atomic mass is 16.5. The van der Waals surface area contributed by atoms with E-state index in [2.05, 4.69) is 5.32 Å². The molecule has 2 aromatic carbocycles. The Labute approximate surface area is 155 Å². The van der Waals surface area contributed by atoms with Crippen molar-refractivity contribution in [1.29, 1.82) is 0 Å². The maximum Gasteiger partial charge on any atom is 0.261 e. The number of nitrogens with one attached hydrogen (secondary N) is 1. The number of benzene rings is 2. The normalized spacial score (nSPS) is 12.8. The summed E-state index contributed by atoms with van der Waals surface area (Å²) in [4.78, 5) is 12.7. The number of hydrogen-bond acceptors (Lipinski definition) is 4. The van der Waals surface area contributed by atoms with E-state index < -0.39 is 6.10 Å². The van der Waals surface area contributed by atoms with E-state index in [9.17, 15) is 4.79 Å². The fourth-order valence-electron chi connectivity index (χ4n) is 2.71. The number of para-hydroxylation sites is 2. The van der Waals surface area contributed by atoms with Crippen molar-refractivity contribution in [2.24, 2.45) is 0 Å². The molecule has 0 aliphatic rings. The van der Waals surface area contributed by atoms with Crippen molar-refractivity contribution >= 4 is 5.91 Å². The molecule has 0 saturated carbocycles. The summed E-state index contributed by atoms with van der Waals surface area (Å²) in [5.41, 5.74) is 1.04. The summed E-state index contributed by atoms with van der Waals surface area (Å²) < 4.78 is 16.4. The zero-order chi connectivity index (χ0) is 18.9. The van der Waals surface area contributed by atoms with Gasteiger partial charge in [0.2, 0.25) is 0 Å². The SMILES string of the molecule is CC[C@H](Oc1ccccc1OC)C(=O)N[C@@H](CC)c1ccc(OC)cc1. The third-order valence-electron chi connectivity index (χ3n) is 4.24. The van der Waals surface area contributed by atoms with Gasteiger partial charge in [-0.15, -0.1) is 0 Å². The minimum Gasteiger partial charge on any atom is -0.497 e. The highest BCUT2D eigenvalue weighted by molar-refractivity contribution is 5.81. The topological polar surface area (TPSA) is 56.8 Å². The lowest BCUT2D eigenvalue weighted by Crippen LogP contribution is -2.40. The molecule has 0 aromatic heterocycles. The summed E-state index contributed by atoms with van der Waals surface area (Å²) in [5, 5.41) is 3.08. The van der Waals surface area contributed by atoms with Crippen LogP contribution in [-0.2, 0) is 4.79 Å². The molecule has 2 aromatic rings. The molecule has 1 amide bonds. The molecule has 0 aliphatic carbocycles. The number of amides is 1. The number of hydrogen-bond donors (Lipinski definition) is 1. The molecule has 2 rings (SSSR count). The Morgan fingerprint density at radius 2 is 1.58 bits per heavy atom. The van der Waals surface area contributed by atoms with Gasteiger partial charge in [-0.3, -0.25) is 4.79 Å². The lowest BCUT2D eigenvalue weighted by atomic mass is 10.0. The van der Waals surface area contributed by atoms with Crippen molar-refractivity contribution in [3.05, 3.63) is 54.1 Å². The second kappa shape index (κ2) is 9.70. The molecule has 0 bridgehead atoms. The lowest BCUT2D eigenvalue weighted by molar-refractivity contribution is -0.129. The highest BCUT2D eigenvalue weighted by Crippen LogP contribution is 2.28. The number of carbonyl (C=O) groups is 1. The molecule has 140 valence electrons. The molecule has 5 nitrogen and oxygen atoms in total. The lowest BCUT2D eigenvalue weighted by Gasteiger charge is -2.23. The molecule has 0 heterocycles. The van der Waals surface area contributed by atoms with Gasteiger partial charge in [0, 0.05) is 0 Å². The monoisotopic (exact) mass is 357 g/mol. The Bertz CT molecular complexity index is 699. The maximum absolute atomic E-state index is 12.7. The zero-order valence-electron chi connectivity index (χ0n) is 15.8. The van der Waals surface area contributed by atoms with E-state index in [4.69, 9.17) is 14.2 Å². The Morgan fingerprint density at radius 1 is 0.923 bits per heavy atom. The molecular formula is C21H27NO4. The summed E-state index contributed by atoms with van der Waals surface area (Å²) in [7, 11) is 3.22. The molecule has 0 aliphatic heterocycles. The molecule has 0 fully saturated rings. The standard InChI is InChI=1S/C21H27NO4/c1-5-17(15-11-13-16(24-3)14-12-15)22-21(23)18(6-2)26-20-10-8-7-9-19(20)25-4/h7-14,17-18H,5-6H2,1-4H3,(H,22,23)/t17-,18-/m0/s1. The Kier molecular flexibility index (Phi) is 7.33. The molecule has 0 spiro atoms. The highest BCUT2D eigenvalue weighted by Gasteiger charge is 2.23. The summed E-state index contributed by atoms with van der Waals surface area (Å²) in [6.45, 7) is 3.96. The van der Waals surface area contributed by atoms with Crippen molar-refractivity contribution in [2.75, 3.05) is 14.2 Å². The van der Waals surface area contributed by atoms with Crippen LogP contribution in [0.25, 0.3) is 0 Å². The Morgan fingerprint density at radius 3 is 2.12 bits per heavy atom. The smallest absolute Gasteiger partial charge is 0.261 e. The van der Waals surface area contributed by atoms with Crippen molar-refractivity contribution in [3.63, 3.8) is 0 Å². The molecular weight excluding hydrogens is 330 g/mol. The largest absolute Gasteiger partial charge is 0.497 e. The second-order valence-electron chi connectivity index (χ2n) is 5.91. The number of ether oxygens (including phenoxy) is 3. The van der Waals surface area contributed by atoms with Crippen LogP contribution in [0.3, 0.4) is 0 Å². The van der Waals surface area contributed by atoms with Gasteiger partial charge in [-0.25, -0.2) is 0 Å². The first-order valence-electron chi connectivity index (χ1n) is 8.86. The second-order valence-corrected chi connectivity index (χ2v) is 5.91. The van der Waals surface area contributed by atoms with Gasteiger partial charge < -0.3 is 19.5 Å². The predicted molar refractivity (Wildman–Crippen MR) is 102 cm³/mol. The minimum atomic E-state index is -0.585. The molecule has 5 heteroatoms. The zero-order valence-corrected chi connectivity index (χ0v) is 15.8. The van der Waals surface area contributed by atoms with E-state index >= 15 is 0 Å². The van der Waals surface area contributed by atoms with Gasteiger partial charge in [0.05, 0.1) is 20.3 Å². The van der Waals surface area contributed by atoms with Crippen LogP contribution in [-0.4, -0.2) is 26.2 Å². The third kappa shape index (κ3) is 4.91. The van der Waals surface area contributed by atoms with Crippen LogP contribution >= 0.6 is 0 Å². The van der Waals surface area contributed by atoms with Gasteiger partial charge in [0.25, 0.3) is 5.91 Å².